The van der Waals surface area contributed by atoms with Gasteiger partial charge in [-0.3, -0.25) is 4.79 Å². The van der Waals surface area contributed by atoms with Gasteiger partial charge in [0.2, 0.25) is 11.8 Å². The Kier molecular flexibility index (Phi) is 5.72. The predicted octanol–water partition coefficient (Wildman–Crippen LogP) is 4.20. The molecule has 0 spiro atoms. The summed E-state index contributed by atoms with van der Waals surface area (Å²) in [6.07, 6.45) is 0.487. The Morgan fingerprint density at radius 2 is 2.28 bits per heavy atom. The number of hydrogen-bond donors (Lipinski definition) is 1. The fraction of sp³-hybridized carbons (Fsp3) is 0.250. The highest BCUT2D eigenvalue weighted by atomic mass is 35.5. The van der Waals surface area contributed by atoms with Crippen LogP contribution < -0.4 is 5.32 Å². The number of benzene rings is 1. The number of rotatable bonds is 6. The van der Waals surface area contributed by atoms with Crippen LogP contribution in [-0.2, 0) is 11.2 Å². The van der Waals surface area contributed by atoms with Gasteiger partial charge in [-0.2, -0.15) is 0 Å². The third-order valence-electron chi connectivity index (χ3n) is 3.19. The molecule has 1 amide bonds. The quantitative estimate of drug-likeness (QED) is 0.631. The number of halogens is 1. The zero-order valence-electron chi connectivity index (χ0n) is 13.5. The fourth-order valence-electron chi connectivity index (χ4n) is 2.02. The molecule has 2 heterocycles. The van der Waals surface area contributed by atoms with E-state index in [0.29, 0.717) is 28.2 Å². The summed E-state index contributed by atoms with van der Waals surface area (Å²) < 4.78 is 5.59. The molecule has 1 atom stereocenters. The summed E-state index contributed by atoms with van der Waals surface area (Å²) in [6, 6.07) is 7.00. The van der Waals surface area contributed by atoms with Crippen molar-refractivity contribution in [2.75, 3.05) is 5.32 Å². The van der Waals surface area contributed by atoms with E-state index in [0.717, 1.165) is 10.7 Å². The average Bonchev–Trinajstić information content (AvgIpc) is 3.16. The molecule has 3 aromatic rings. The van der Waals surface area contributed by atoms with Crippen molar-refractivity contribution in [2.24, 2.45) is 0 Å². The Hall–Kier alpha value is -1.90. The Balaban J connectivity index is 1.57. The van der Waals surface area contributed by atoms with Gasteiger partial charge in [0.1, 0.15) is 0 Å². The summed E-state index contributed by atoms with van der Waals surface area (Å²) in [5, 5.41) is 14.3. The van der Waals surface area contributed by atoms with Crippen LogP contribution in [0.3, 0.4) is 0 Å². The number of nitrogens with one attached hydrogen (secondary N) is 1. The number of carbonyl (C=O) groups excluding carboxylic acids is 1. The van der Waals surface area contributed by atoms with Gasteiger partial charge in [-0.1, -0.05) is 29.4 Å². The van der Waals surface area contributed by atoms with Crippen LogP contribution in [0.1, 0.15) is 23.5 Å². The summed E-state index contributed by atoms with van der Waals surface area (Å²) in [5.41, 5.74) is 1.55. The predicted molar refractivity (Wildman–Crippen MR) is 99.4 cm³/mol. The van der Waals surface area contributed by atoms with Gasteiger partial charge in [0.25, 0.3) is 5.22 Å². The number of anilines is 1. The van der Waals surface area contributed by atoms with Crippen molar-refractivity contribution >= 4 is 46.3 Å². The first-order chi connectivity index (χ1) is 12.0. The van der Waals surface area contributed by atoms with E-state index in [1.807, 2.05) is 12.3 Å². The lowest BCUT2D eigenvalue weighted by molar-refractivity contribution is -0.115. The van der Waals surface area contributed by atoms with E-state index >= 15 is 0 Å². The molecular weight excluding hydrogens is 380 g/mol. The van der Waals surface area contributed by atoms with Gasteiger partial charge in [-0.05, 0) is 32.0 Å². The van der Waals surface area contributed by atoms with Crippen molar-refractivity contribution in [3.05, 3.63) is 51.3 Å². The van der Waals surface area contributed by atoms with Crippen LogP contribution in [0.15, 0.2) is 39.3 Å². The number of nitrogens with zero attached hydrogens (tertiary/aromatic N) is 3. The first-order valence-electron chi connectivity index (χ1n) is 7.46. The Morgan fingerprint density at radius 1 is 1.44 bits per heavy atom. The second-order valence-corrected chi connectivity index (χ2v) is 8.05. The first kappa shape index (κ1) is 17.9. The van der Waals surface area contributed by atoms with Crippen molar-refractivity contribution in [2.45, 2.75) is 30.7 Å². The van der Waals surface area contributed by atoms with Crippen LogP contribution in [0.4, 0.5) is 5.69 Å². The van der Waals surface area contributed by atoms with Crippen LogP contribution in [-0.4, -0.2) is 26.3 Å². The van der Waals surface area contributed by atoms with Crippen LogP contribution in [0.5, 0.6) is 0 Å². The van der Waals surface area contributed by atoms with Crippen molar-refractivity contribution < 1.29 is 9.21 Å². The minimum atomic E-state index is -0.395. The average molecular weight is 395 g/mol. The monoisotopic (exact) mass is 394 g/mol. The minimum absolute atomic E-state index is 0.165. The summed E-state index contributed by atoms with van der Waals surface area (Å²) in [7, 11) is 0. The summed E-state index contributed by atoms with van der Waals surface area (Å²) in [5.74, 6) is 0.317. The molecule has 0 saturated heterocycles. The second kappa shape index (κ2) is 7.99. The Morgan fingerprint density at radius 3 is 3.00 bits per heavy atom. The maximum absolute atomic E-state index is 12.3. The maximum atomic E-state index is 12.3. The van der Waals surface area contributed by atoms with Gasteiger partial charge in [0.15, 0.2) is 0 Å². The van der Waals surface area contributed by atoms with E-state index in [1.165, 1.54) is 11.8 Å². The van der Waals surface area contributed by atoms with Gasteiger partial charge in [0.05, 0.1) is 22.4 Å². The number of amides is 1. The third kappa shape index (κ3) is 5.04. The maximum Gasteiger partial charge on any atom is 0.277 e. The van der Waals surface area contributed by atoms with Crippen LogP contribution >= 0.6 is 34.7 Å². The van der Waals surface area contributed by atoms with Gasteiger partial charge < -0.3 is 9.73 Å². The molecule has 0 aliphatic carbocycles. The Labute approximate surface area is 158 Å². The zero-order valence-corrected chi connectivity index (χ0v) is 15.9. The lowest BCUT2D eigenvalue weighted by Gasteiger charge is -2.09. The number of aryl methyl sites for hydroxylation is 1. The van der Waals surface area contributed by atoms with E-state index in [1.54, 1.807) is 42.5 Å². The molecule has 0 fully saturated rings. The van der Waals surface area contributed by atoms with E-state index in [9.17, 15) is 4.79 Å². The molecule has 0 unspecified atom stereocenters. The summed E-state index contributed by atoms with van der Waals surface area (Å²) >= 11 is 8.70. The molecule has 0 aliphatic rings. The summed E-state index contributed by atoms with van der Waals surface area (Å²) in [6.45, 7) is 3.72. The van der Waals surface area contributed by atoms with Crippen LogP contribution in [0.25, 0.3) is 0 Å². The van der Waals surface area contributed by atoms with Gasteiger partial charge in [0, 0.05) is 16.1 Å². The van der Waals surface area contributed by atoms with E-state index < -0.39 is 5.25 Å². The molecule has 1 aromatic carbocycles. The molecule has 0 bridgehead atoms. The highest BCUT2D eigenvalue weighted by molar-refractivity contribution is 8.00. The van der Waals surface area contributed by atoms with Crippen LogP contribution in [0, 0.1) is 6.92 Å². The first-order valence-corrected chi connectivity index (χ1v) is 9.60. The molecule has 3 rings (SSSR count). The lowest BCUT2D eigenvalue weighted by Crippen LogP contribution is -2.22. The van der Waals surface area contributed by atoms with Gasteiger partial charge in [-0.15, -0.1) is 21.5 Å². The number of hydrogen-bond acceptors (Lipinski definition) is 7. The van der Waals surface area contributed by atoms with Gasteiger partial charge >= 0.3 is 0 Å². The lowest BCUT2D eigenvalue weighted by atomic mass is 10.3. The molecule has 25 heavy (non-hydrogen) atoms. The highest BCUT2D eigenvalue weighted by Gasteiger charge is 2.19. The molecule has 130 valence electrons. The smallest absolute Gasteiger partial charge is 0.277 e. The van der Waals surface area contributed by atoms with Crippen molar-refractivity contribution in [3.63, 3.8) is 0 Å². The normalized spacial score (nSPS) is 12.1. The third-order valence-corrected chi connectivity index (χ3v) is 5.18. The highest BCUT2D eigenvalue weighted by Crippen LogP contribution is 2.24. The van der Waals surface area contributed by atoms with E-state index in [2.05, 4.69) is 20.5 Å². The van der Waals surface area contributed by atoms with Crippen molar-refractivity contribution in [1.82, 2.24) is 15.2 Å². The van der Waals surface area contributed by atoms with Crippen LogP contribution in [0.2, 0.25) is 5.02 Å². The van der Waals surface area contributed by atoms with E-state index in [4.69, 9.17) is 16.0 Å². The summed E-state index contributed by atoms with van der Waals surface area (Å²) in [4.78, 5) is 16.6. The largest absolute Gasteiger partial charge is 0.416 e. The zero-order chi connectivity index (χ0) is 17.8. The number of thiazole rings is 1. The molecular formula is C16H15ClN4O2S2. The second-order valence-electron chi connectivity index (χ2n) is 5.26. The molecule has 0 saturated carbocycles. The van der Waals surface area contributed by atoms with E-state index in [-0.39, 0.29) is 5.91 Å². The molecule has 1 N–H and O–H groups in total. The molecule has 0 aliphatic heterocycles. The molecule has 9 heteroatoms. The van der Waals surface area contributed by atoms with Crippen molar-refractivity contribution in [3.8, 4) is 0 Å². The standard InChI is InChI=1S/C16H15ClN4O2S2/c1-9(15(22)19-12-5-3-4-11(17)6-12)25-16-21-20-14(23-16)7-13-8-24-10(2)18-13/h3-6,8-9H,7H2,1-2H3,(H,19,22)/t9-/m0/s1. The molecule has 0 radical (unpaired) electrons. The number of aromatic nitrogens is 3. The fourth-order valence-corrected chi connectivity index (χ4v) is 3.52. The number of thioether (sulfide) groups is 1. The van der Waals surface area contributed by atoms with Crippen molar-refractivity contribution in [1.29, 1.82) is 0 Å². The Bertz CT molecular complexity index is 880. The SMILES string of the molecule is Cc1nc(Cc2nnc(S[C@@H](C)C(=O)Nc3cccc(Cl)c3)o2)cs1. The topological polar surface area (TPSA) is 80.9 Å². The molecule has 2 aromatic heterocycles. The van der Waals surface area contributed by atoms with Gasteiger partial charge in [-0.25, -0.2) is 4.98 Å². The minimum Gasteiger partial charge on any atom is -0.416 e. The molecule has 6 nitrogen and oxygen atoms in total. The number of carbonyl (C=O) groups is 1.